The van der Waals surface area contributed by atoms with Gasteiger partial charge in [0.05, 0.1) is 0 Å². The number of anilines is 3. The molecule has 2 saturated heterocycles. The van der Waals surface area contributed by atoms with Gasteiger partial charge in [-0.2, -0.15) is 15.0 Å². The van der Waals surface area contributed by atoms with Gasteiger partial charge < -0.3 is 26.6 Å². The third-order valence-corrected chi connectivity index (χ3v) is 6.41. The quantitative estimate of drug-likeness (QED) is 0.410. The minimum absolute atomic E-state index is 0.0286. The van der Waals surface area contributed by atoms with Crippen LogP contribution in [0.15, 0.2) is 30.3 Å². The van der Waals surface area contributed by atoms with E-state index in [-0.39, 0.29) is 23.8 Å². The summed E-state index contributed by atoms with van der Waals surface area (Å²) in [6, 6.07) is 9.98. The molecule has 2 aliphatic heterocycles. The van der Waals surface area contributed by atoms with Crippen LogP contribution >= 0.6 is 0 Å². The number of rotatable bonds is 9. The van der Waals surface area contributed by atoms with Gasteiger partial charge in [-0.05, 0) is 50.5 Å². The summed E-state index contributed by atoms with van der Waals surface area (Å²) in [7, 11) is 0. The Labute approximate surface area is 200 Å². The van der Waals surface area contributed by atoms with Crippen molar-refractivity contribution in [3.63, 3.8) is 0 Å². The number of benzene rings is 1. The first-order chi connectivity index (χ1) is 16.6. The minimum atomic E-state index is -0.371. The van der Waals surface area contributed by atoms with Crippen molar-refractivity contribution in [2.75, 3.05) is 41.7 Å². The second-order valence-electron chi connectivity index (χ2n) is 8.95. The van der Waals surface area contributed by atoms with Crippen molar-refractivity contribution in [3.05, 3.63) is 35.9 Å². The first-order valence-corrected chi connectivity index (χ1v) is 12.2. The Balaban J connectivity index is 1.45. The van der Waals surface area contributed by atoms with Crippen molar-refractivity contribution in [2.45, 2.75) is 51.0 Å². The van der Waals surface area contributed by atoms with Crippen molar-refractivity contribution >= 4 is 29.7 Å². The maximum absolute atomic E-state index is 12.4. The topological polar surface area (TPSA) is 138 Å². The smallest absolute Gasteiger partial charge is 0.242 e. The lowest BCUT2D eigenvalue weighted by Gasteiger charge is -2.30. The third-order valence-electron chi connectivity index (χ3n) is 6.41. The fourth-order valence-corrected chi connectivity index (χ4v) is 4.38. The lowest BCUT2D eigenvalue weighted by Crippen LogP contribution is -2.40. The number of nitrogens with one attached hydrogen (secondary N) is 3. The zero-order valence-corrected chi connectivity index (χ0v) is 19.5. The van der Waals surface area contributed by atoms with Crippen LogP contribution in [0.1, 0.15) is 44.1 Å². The summed E-state index contributed by atoms with van der Waals surface area (Å²) in [6.45, 7) is 2.71. The number of nitrogens with two attached hydrogens (primary N) is 1. The molecule has 2 aromatic rings. The Kier molecular flexibility index (Phi) is 8.11. The molecule has 0 radical (unpaired) electrons. The summed E-state index contributed by atoms with van der Waals surface area (Å²) in [5.41, 5.74) is 6.77. The molecule has 182 valence electrons. The molecule has 1 atom stereocenters. The van der Waals surface area contributed by atoms with E-state index in [1.165, 1.54) is 5.56 Å². The van der Waals surface area contributed by atoms with E-state index in [0.717, 1.165) is 32.1 Å². The fourth-order valence-electron chi connectivity index (χ4n) is 4.38. The molecule has 1 aromatic heterocycles. The molecule has 10 nitrogen and oxygen atoms in total. The SMILES string of the molecule is NC(=O)C1CCN(c2nc(NCCCc3ccccc3)nc(NC3CCCCNC3=O)n2)CC1. The summed E-state index contributed by atoms with van der Waals surface area (Å²) >= 11 is 0. The first-order valence-electron chi connectivity index (χ1n) is 12.2. The molecule has 34 heavy (non-hydrogen) atoms. The second-order valence-corrected chi connectivity index (χ2v) is 8.95. The number of aromatic nitrogens is 3. The molecule has 10 heteroatoms. The molecule has 2 aliphatic rings. The molecule has 4 rings (SSSR count). The monoisotopic (exact) mass is 466 g/mol. The van der Waals surface area contributed by atoms with Gasteiger partial charge in [-0.1, -0.05) is 30.3 Å². The van der Waals surface area contributed by atoms with Gasteiger partial charge in [0.25, 0.3) is 0 Å². The lowest BCUT2D eigenvalue weighted by atomic mass is 9.96. The van der Waals surface area contributed by atoms with Crippen LogP contribution in [0.3, 0.4) is 0 Å². The van der Waals surface area contributed by atoms with Gasteiger partial charge >= 0.3 is 0 Å². The highest BCUT2D eigenvalue weighted by Gasteiger charge is 2.26. The van der Waals surface area contributed by atoms with Crippen LogP contribution in [0.4, 0.5) is 17.8 Å². The predicted molar refractivity (Wildman–Crippen MR) is 131 cm³/mol. The first kappa shape index (κ1) is 23.7. The van der Waals surface area contributed by atoms with E-state index in [2.05, 4.69) is 47.9 Å². The van der Waals surface area contributed by atoms with Crippen LogP contribution in [-0.2, 0) is 16.0 Å². The van der Waals surface area contributed by atoms with E-state index < -0.39 is 0 Å². The van der Waals surface area contributed by atoms with Crippen molar-refractivity contribution in [1.29, 1.82) is 0 Å². The highest BCUT2D eigenvalue weighted by atomic mass is 16.2. The Morgan fingerprint density at radius 3 is 2.59 bits per heavy atom. The highest BCUT2D eigenvalue weighted by molar-refractivity contribution is 5.84. The maximum Gasteiger partial charge on any atom is 0.242 e. The summed E-state index contributed by atoms with van der Waals surface area (Å²) in [5, 5.41) is 9.48. The second kappa shape index (κ2) is 11.6. The number of hydrogen-bond donors (Lipinski definition) is 4. The van der Waals surface area contributed by atoms with Crippen LogP contribution in [0.25, 0.3) is 0 Å². The van der Waals surface area contributed by atoms with Gasteiger partial charge in [0.2, 0.25) is 29.7 Å². The Hall–Kier alpha value is -3.43. The average Bonchev–Trinajstić information content (AvgIpc) is 3.06. The average molecular weight is 467 g/mol. The van der Waals surface area contributed by atoms with Crippen LogP contribution < -0.4 is 26.6 Å². The molecular formula is C24H34N8O2. The van der Waals surface area contributed by atoms with E-state index in [9.17, 15) is 9.59 Å². The summed E-state index contributed by atoms with van der Waals surface area (Å²) in [4.78, 5) is 39.8. The Morgan fingerprint density at radius 2 is 1.82 bits per heavy atom. The van der Waals surface area contributed by atoms with Crippen LogP contribution in [0.2, 0.25) is 0 Å². The number of piperidine rings is 1. The number of hydrogen-bond acceptors (Lipinski definition) is 8. The van der Waals surface area contributed by atoms with E-state index in [1.807, 2.05) is 18.2 Å². The van der Waals surface area contributed by atoms with Crippen LogP contribution in [0, 0.1) is 5.92 Å². The van der Waals surface area contributed by atoms with Crippen LogP contribution in [0.5, 0.6) is 0 Å². The van der Waals surface area contributed by atoms with Crippen molar-refractivity contribution in [3.8, 4) is 0 Å². The van der Waals surface area contributed by atoms with Crippen molar-refractivity contribution in [1.82, 2.24) is 20.3 Å². The number of aryl methyl sites for hydroxylation is 1. The molecule has 0 saturated carbocycles. The molecule has 3 heterocycles. The van der Waals surface area contributed by atoms with Gasteiger partial charge in [-0.3, -0.25) is 9.59 Å². The molecule has 0 spiro atoms. The molecule has 0 aliphatic carbocycles. The van der Waals surface area contributed by atoms with Gasteiger partial charge in [-0.15, -0.1) is 0 Å². The van der Waals surface area contributed by atoms with Gasteiger partial charge in [-0.25, -0.2) is 0 Å². The van der Waals surface area contributed by atoms with Crippen molar-refractivity contribution < 1.29 is 9.59 Å². The number of carbonyl (C=O) groups is 2. The minimum Gasteiger partial charge on any atom is -0.369 e. The van der Waals surface area contributed by atoms with Gasteiger partial charge in [0.15, 0.2) is 0 Å². The van der Waals surface area contributed by atoms with Crippen LogP contribution in [-0.4, -0.2) is 59.0 Å². The fraction of sp³-hybridized carbons (Fsp3) is 0.542. The molecule has 1 unspecified atom stereocenters. The molecule has 2 amide bonds. The normalized spacial score (nSPS) is 19.2. The van der Waals surface area contributed by atoms with Crippen molar-refractivity contribution in [2.24, 2.45) is 11.7 Å². The number of amides is 2. The number of carbonyl (C=O) groups excluding carboxylic acids is 2. The van der Waals surface area contributed by atoms with E-state index >= 15 is 0 Å². The zero-order chi connectivity index (χ0) is 23.8. The molecule has 1 aromatic carbocycles. The third kappa shape index (κ3) is 6.55. The zero-order valence-electron chi connectivity index (χ0n) is 19.5. The number of nitrogens with zero attached hydrogens (tertiary/aromatic N) is 4. The molecule has 5 N–H and O–H groups in total. The van der Waals surface area contributed by atoms with Gasteiger partial charge in [0.1, 0.15) is 6.04 Å². The summed E-state index contributed by atoms with van der Waals surface area (Å²) in [6.07, 6.45) is 5.90. The van der Waals surface area contributed by atoms with E-state index in [1.54, 1.807) is 0 Å². The molecular weight excluding hydrogens is 432 g/mol. The maximum atomic E-state index is 12.4. The van der Waals surface area contributed by atoms with Gasteiger partial charge in [0, 0.05) is 32.1 Å². The Morgan fingerprint density at radius 1 is 1.06 bits per heavy atom. The summed E-state index contributed by atoms with van der Waals surface area (Å²) in [5.74, 6) is 1.01. The largest absolute Gasteiger partial charge is 0.369 e. The number of primary amides is 1. The molecule has 0 bridgehead atoms. The molecule has 2 fully saturated rings. The van der Waals surface area contributed by atoms with E-state index in [4.69, 9.17) is 5.73 Å². The standard InChI is InChI=1S/C24H34N8O2/c25-20(33)18-11-15-32(16-12-18)24-30-22(27-14-6-9-17-7-2-1-3-8-17)29-23(31-24)28-19-10-4-5-13-26-21(19)34/h1-3,7-8,18-19H,4-6,9-16H2,(H2,25,33)(H,26,34)(H2,27,28,29,30,31). The summed E-state index contributed by atoms with van der Waals surface area (Å²) < 4.78 is 0. The van der Waals surface area contributed by atoms with E-state index in [0.29, 0.717) is 56.9 Å². The Bertz CT molecular complexity index is 963. The highest BCUT2D eigenvalue weighted by Crippen LogP contribution is 2.23. The lowest BCUT2D eigenvalue weighted by molar-refractivity contribution is -0.122. The predicted octanol–water partition coefficient (Wildman–Crippen LogP) is 1.70.